The molecular formula is C16H15ClFNO2. The number of aryl methyl sites for hydroxylation is 2. The van der Waals surface area contributed by atoms with Gasteiger partial charge in [0.2, 0.25) is 0 Å². The van der Waals surface area contributed by atoms with E-state index in [1.165, 1.54) is 18.2 Å². The molecule has 0 bridgehead atoms. The first-order chi connectivity index (χ1) is 9.92. The SMILES string of the molecule is CCc1cc(C)c(O)c(C(=O)Nc2cc(Cl)ccc2F)c1. The number of hydrogen-bond donors (Lipinski definition) is 2. The average Bonchev–Trinajstić information content (AvgIpc) is 2.45. The van der Waals surface area contributed by atoms with Gasteiger partial charge in [0, 0.05) is 5.02 Å². The van der Waals surface area contributed by atoms with Crippen LogP contribution in [-0.4, -0.2) is 11.0 Å². The molecule has 0 spiro atoms. The summed E-state index contributed by atoms with van der Waals surface area (Å²) in [5, 5.41) is 12.8. The normalized spacial score (nSPS) is 10.5. The second kappa shape index (κ2) is 6.14. The maximum absolute atomic E-state index is 13.6. The summed E-state index contributed by atoms with van der Waals surface area (Å²) in [6.07, 6.45) is 0.729. The molecule has 0 aliphatic rings. The summed E-state index contributed by atoms with van der Waals surface area (Å²) in [7, 11) is 0. The van der Waals surface area contributed by atoms with Crippen LogP contribution in [0.5, 0.6) is 5.75 Å². The Kier molecular flexibility index (Phi) is 4.48. The molecule has 0 aliphatic carbocycles. The Labute approximate surface area is 127 Å². The highest BCUT2D eigenvalue weighted by molar-refractivity contribution is 6.31. The molecule has 0 aliphatic heterocycles. The number of phenols is 1. The number of benzene rings is 2. The Morgan fingerprint density at radius 3 is 2.71 bits per heavy atom. The van der Waals surface area contributed by atoms with E-state index in [9.17, 15) is 14.3 Å². The third kappa shape index (κ3) is 3.34. The molecule has 0 radical (unpaired) electrons. The van der Waals surface area contributed by atoms with Crippen molar-refractivity contribution in [1.82, 2.24) is 0 Å². The molecule has 2 aromatic rings. The van der Waals surface area contributed by atoms with Crippen LogP contribution >= 0.6 is 11.6 Å². The number of phenolic OH excluding ortho intramolecular Hbond substituents is 1. The fourth-order valence-electron chi connectivity index (χ4n) is 2.01. The molecule has 0 unspecified atom stereocenters. The summed E-state index contributed by atoms with van der Waals surface area (Å²) in [5.41, 5.74) is 1.62. The van der Waals surface area contributed by atoms with Crippen LogP contribution in [0.25, 0.3) is 0 Å². The van der Waals surface area contributed by atoms with Crippen molar-refractivity contribution in [3.05, 3.63) is 57.9 Å². The van der Waals surface area contributed by atoms with E-state index in [-0.39, 0.29) is 17.0 Å². The summed E-state index contributed by atoms with van der Waals surface area (Å²) in [4.78, 5) is 12.2. The summed E-state index contributed by atoms with van der Waals surface area (Å²) in [6.45, 7) is 3.66. The number of carbonyl (C=O) groups excluding carboxylic acids is 1. The third-order valence-electron chi connectivity index (χ3n) is 3.19. The maximum atomic E-state index is 13.6. The molecular weight excluding hydrogens is 293 g/mol. The zero-order chi connectivity index (χ0) is 15.6. The highest BCUT2D eigenvalue weighted by Gasteiger charge is 2.16. The first kappa shape index (κ1) is 15.3. The van der Waals surface area contributed by atoms with Crippen LogP contribution < -0.4 is 5.32 Å². The van der Waals surface area contributed by atoms with Crippen LogP contribution in [0.1, 0.15) is 28.4 Å². The molecule has 21 heavy (non-hydrogen) atoms. The molecule has 0 saturated carbocycles. The van der Waals surface area contributed by atoms with Gasteiger partial charge in [-0.3, -0.25) is 4.79 Å². The van der Waals surface area contributed by atoms with Crippen molar-refractivity contribution in [2.75, 3.05) is 5.32 Å². The fraction of sp³-hybridized carbons (Fsp3) is 0.188. The number of halogens is 2. The second-order valence-corrected chi connectivity index (χ2v) is 5.18. The number of hydrogen-bond acceptors (Lipinski definition) is 2. The lowest BCUT2D eigenvalue weighted by molar-refractivity contribution is 0.102. The van der Waals surface area contributed by atoms with Crippen molar-refractivity contribution in [2.24, 2.45) is 0 Å². The van der Waals surface area contributed by atoms with E-state index in [1.807, 2.05) is 13.0 Å². The highest BCUT2D eigenvalue weighted by Crippen LogP contribution is 2.26. The Morgan fingerprint density at radius 1 is 1.33 bits per heavy atom. The summed E-state index contributed by atoms with van der Waals surface area (Å²) < 4.78 is 13.6. The van der Waals surface area contributed by atoms with Gasteiger partial charge in [0.1, 0.15) is 11.6 Å². The predicted octanol–water partition coefficient (Wildman–Crippen LogP) is 4.31. The van der Waals surface area contributed by atoms with Crippen molar-refractivity contribution in [3.63, 3.8) is 0 Å². The van der Waals surface area contributed by atoms with Crippen molar-refractivity contribution >= 4 is 23.2 Å². The van der Waals surface area contributed by atoms with E-state index in [1.54, 1.807) is 13.0 Å². The molecule has 0 fully saturated rings. The second-order valence-electron chi connectivity index (χ2n) is 4.74. The lowest BCUT2D eigenvalue weighted by Crippen LogP contribution is -2.14. The number of nitrogens with one attached hydrogen (secondary N) is 1. The first-order valence-electron chi connectivity index (χ1n) is 6.51. The van der Waals surface area contributed by atoms with E-state index >= 15 is 0 Å². The van der Waals surface area contributed by atoms with E-state index < -0.39 is 11.7 Å². The molecule has 0 atom stereocenters. The Bertz CT molecular complexity index is 701. The highest BCUT2D eigenvalue weighted by atomic mass is 35.5. The number of carbonyl (C=O) groups is 1. The molecule has 0 saturated heterocycles. The van der Waals surface area contributed by atoms with Crippen LogP contribution in [0.4, 0.5) is 10.1 Å². The van der Waals surface area contributed by atoms with Gasteiger partial charge in [-0.1, -0.05) is 24.6 Å². The quantitative estimate of drug-likeness (QED) is 0.888. The van der Waals surface area contributed by atoms with Crippen LogP contribution in [0.2, 0.25) is 5.02 Å². The summed E-state index contributed by atoms with van der Waals surface area (Å²) in [5.74, 6) is -1.27. The van der Waals surface area contributed by atoms with Gasteiger partial charge in [0.05, 0.1) is 11.3 Å². The minimum absolute atomic E-state index is 0.0218. The fourth-order valence-corrected chi connectivity index (χ4v) is 2.19. The number of amides is 1. The molecule has 2 aromatic carbocycles. The third-order valence-corrected chi connectivity index (χ3v) is 3.42. The summed E-state index contributed by atoms with van der Waals surface area (Å²) >= 11 is 5.78. The van der Waals surface area contributed by atoms with Gasteiger partial charge in [0.15, 0.2) is 0 Å². The van der Waals surface area contributed by atoms with E-state index in [0.717, 1.165) is 12.0 Å². The standard InChI is InChI=1S/C16H15ClFNO2/c1-3-10-6-9(2)15(20)12(7-10)16(21)19-14-8-11(17)4-5-13(14)18/h4-8,20H,3H2,1-2H3,(H,19,21). The van der Waals surface area contributed by atoms with E-state index in [2.05, 4.69) is 5.32 Å². The first-order valence-corrected chi connectivity index (χ1v) is 6.89. The topological polar surface area (TPSA) is 49.3 Å². The van der Waals surface area contributed by atoms with Gasteiger partial charge in [-0.2, -0.15) is 0 Å². The molecule has 5 heteroatoms. The number of anilines is 1. The van der Waals surface area contributed by atoms with Gasteiger partial charge < -0.3 is 10.4 Å². The van der Waals surface area contributed by atoms with Gasteiger partial charge >= 0.3 is 0 Å². The van der Waals surface area contributed by atoms with Gasteiger partial charge in [-0.15, -0.1) is 0 Å². The van der Waals surface area contributed by atoms with Crippen molar-refractivity contribution in [2.45, 2.75) is 20.3 Å². The average molecular weight is 308 g/mol. The van der Waals surface area contributed by atoms with Crippen molar-refractivity contribution in [3.8, 4) is 5.75 Å². The minimum Gasteiger partial charge on any atom is -0.507 e. The maximum Gasteiger partial charge on any atom is 0.259 e. The zero-order valence-electron chi connectivity index (χ0n) is 11.7. The van der Waals surface area contributed by atoms with E-state index in [4.69, 9.17) is 11.6 Å². The number of aromatic hydroxyl groups is 1. The van der Waals surface area contributed by atoms with Crippen LogP contribution in [0, 0.1) is 12.7 Å². The lowest BCUT2D eigenvalue weighted by atomic mass is 10.0. The molecule has 0 heterocycles. The zero-order valence-corrected chi connectivity index (χ0v) is 12.5. The van der Waals surface area contributed by atoms with Gasteiger partial charge in [-0.05, 0) is 48.7 Å². The predicted molar refractivity (Wildman–Crippen MR) is 81.6 cm³/mol. The van der Waals surface area contributed by atoms with Crippen molar-refractivity contribution in [1.29, 1.82) is 0 Å². The molecule has 2 N–H and O–H groups in total. The minimum atomic E-state index is -0.587. The van der Waals surface area contributed by atoms with Gasteiger partial charge in [-0.25, -0.2) is 4.39 Å². The molecule has 3 nitrogen and oxygen atoms in total. The monoisotopic (exact) mass is 307 g/mol. The van der Waals surface area contributed by atoms with E-state index in [0.29, 0.717) is 10.6 Å². The smallest absolute Gasteiger partial charge is 0.259 e. The Hall–Kier alpha value is -2.07. The van der Waals surface area contributed by atoms with Crippen LogP contribution in [-0.2, 0) is 6.42 Å². The molecule has 1 amide bonds. The Morgan fingerprint density at radius 2 is 2.05 bits per heavy atom. The van der Waals surface area contributed by atoms with Crippen molar-refractivity contribution < 1.29 is 14.3 Å². The lowest BCUT2D eigenvalue weighted by Gasteiger charge is -2.11. The summed E-state index contributed by atoms with van der Waals surface area (Å²) in [6, 6.07) is 7.30. The molecule has 110 valence electrons. The van der Waals surface area contributed by atoms with Gasteiger partial charge in [0.25, 0.3) is 5.91 Å². The van der Waals surface area contributed by atoms with Crippen LogP contribution in [0.3, 0.4) is 0 Å². The molecule has 2 rings (SSSR count). The Balaban J connectivity index is 2.36. The van der Waals surface area contributed by atoms with Crippen LogP contribution in [0.15, 0.2) is 30.3 Å². The largest absolute Gasteiger partial charge is 0.507 e. The molecule has 0 aromatic heterocycles. The number of rotatable bonds is 3.